The number of anilines is 1. The van der Waals surface area contributed by atoms with Crippen molar-refractivity contribution in [2.75, 3.05) is 19.5 Å². The second-order valence-electron chi connectivity index (χ2n) is 3.99. The molecule has 0 fully saturated rings. The van der Waals surface area contributed by atoms with Crippen LogP contribution in [0.1, 0.15) is 16.3 Å². The molecule has 0 unspecified atom stereocenters. The van der Waals surface area contributed by atoms with Gasteiger partial charge in [-0.05, 0) is 24.3 Å². The zero-order chi connectivity index (χ0) is 14.5. The molecule has 2 aromatic rings. The lowest BCUT2D eigenvalue weighted by Gasteiger charge is -2.10. The molecule has 0 aliphatic heterocycles. The van der Waals surface area contributed by atoms with Gasteiger partial charge in [-0.2, -0.15) is 0 Å². The van der Waals surface area contributed by atoms with Crippen molar-refractivity contribution in [2.45, 2.75) is 6.54 Å². The van der Waals surface area contributed by atoms with Crippen LogP contribution in [0, 0.1) is 0 Å². The number of carbonyl (C=O) groups is 1. The number of nitrogens with one attached hydrogen (secondary N) is 1. The standard InChI is InChI=1S/C14H16N2O4/c1-18-9-3-5-11(13(7-9)19-2)16-14(17)12-6-4-10(8-15)20-12/h3-7H,8,15H2,1-2H3,(H,16,17). The van der Waals surface area contributed by atoms with Gasteiger partial charge in [0.2, 0.25) is 0 Å². The van der Waals surface area contributed by atoms with Gasteiger partial charge in [0.15, 0.2) is 5.76 Å². The van der Waals surface area contributed by atoms with Crippen molar-refractivity contribution in [3.8, 4) is 11.5 Å². The summed E-state index contributed by atoms with van der Waals surface area (Å²) >= 11 is 0. The molecule has 6 nitrogen and oxygen atoms in total. The lowest BCUT2D eigenvalue weighted by atomic mass is 10.2. The van der Waals surface area contributed by atoms with Crippen molar-refractivity contribution in [3.05, 3.63) is 41.9 Å². The van der Waals surface area contributed by atoms with Gasteiger partial charge in [0.25, 0.3) is 5.91 Å². The normalized spacial score (nSPS) is 10.2. The van der Waals surface area contributed by atoms with Crippen molar-refractivity contribution < 1.29 is 18.7 Å². The number of amides is 1. The first kappa shape index (κ1) is 14.0. The molecule has 3 N–H and O–H groups in total. The summed E-state index contributed by atoms with van der Waals surface area (Å²) in [7, 11) is 3.08. The summed E-state index contributed by atoms with van der Waals surface area (Å²) < 4.78 is 15.6. The second-order valence-corrected chi connectivity index (χ2v) is 3.99. The molecule has 1 aromatic carbocycles. The van der Waals surface area contributed by atoms with Crippen molar-refractivity contribution in [2.24, 2.45) is 5.73 Å². The first-order valence-corrected chi connectivity index (χ1v) is 6.00. The molecule has 1 heterocycles. The van der Waals surface area contributed by atoms with E-state index in [1.54, 1.807) is 37.4 Å². The maximum Gasteiger partial charge on any atom is 0.291 e. The summed E-state index contributed by atoms with van der Waals surface area (Å²) in [6.45, 7) is 0.249. The van der Waals surface area contributed by atoms with E-state index in [2.05, 4.69) is 5.32 Å². The molecule has 0 bridgehead atoms. The zero-order valence-corrected chi connectivity index (χ0v) is 11.3. The molecule has 106 valence electrons. The van der Waals surface area contributed by atoms with E-state index in [1.807, 2.05) is 0 Å². The van der Waals surface area contributed by atoms with Crippen molar-refractivity contribution in [1.82, 2.24) is 0 Å². The molecule has 1 amide bonds. The van der Waals surface area contributed by atoms with E-state index in [4.69, 9.17) is 19.6 Å². The van der Waals surface area contributed by atoms with E-state index in [-0.39, 0.29) is 18.2 Å². The van der Waals surface area contributed by atoms with Gasteiger partial charge in [-0.3, -0.25) is 4.79 Å². The van der Waals surface area contributed by atoms with Gasteiger partial charge in [0.1, 0.15) is 17.3 Å². The number of ether oxygens (including phenoxy) is 2. The maximum atomic E-state index is 12.0. The monoisotopic (exact) mass is 276 g/mol. The number of furan rings is 1. The van der Waals surface area contributed by atoms with Gasteiger partial charge in [-0.25, -0.2) is 0 Å². The minimum Gasteiger partial charge on any atom is -0.497 e. The van der Waals surface area contributed by atoms with Gasteiger partial charge in [-0.1, -0.05) is 0 Å². The predicted octanol–water partition coefficient (Wildman–Crippen LogP) is 2.01. The molecular formula is C14H16N2O4. The van der Waals surface area contributed by atoms with Crippen LogP contribution in [0.25, 0.3) is 0 Å². The van der Waals surface area contributed by atoms with Gasteiger partial charge in [0.05, 0.1) is 26.5 Å². The van der Waals surface area contributed by atoms with E-state index in [0.717, 1.165) is 0 Å². The van der Waals surface area contributed by atoms with Gasteiger partial charge >= 0.3 is 0 Å². The van der Waals surface area contributed by atoms with Gasteiger partial charge < -0.3 is 24.9 Å². The summed E-state index contributed by atoms with van der Waals surface area (Å²) in [5.41, 5.74) is 5.97. The third kappa shape index (κ3) is 2.92. The van der Waals surface area contributed by atoms with Crippen LogP contribution in [0.15, 0.2) is 34.7 Å². The van der Waals surface area contributed by atoms with E-state index < -0.39 is 0 Å². The summed E-state index contributed by atoms with van der Waals surface area (Å²) in [6, 6.07) is 8.35. The maximum absolute atomic E-state index is 12.0. The van der Waals surface area contributed by atoms with E-state index in [1.165, 1.54) is 7.11 Å². The average Bonchev–Trinajstić information content (AvgIpc) is 2.96. The molecule has 0 radical (unpaired) electrons. The quantitative estimate of drug-likeness (QED) is 0.872. The van der Waals surface area contributed by atoms with Crippen molar-refractivity contribution >= 4 is 11.6 Å². The van der Waals surface area contributed by atoms with Crippen LogP contribution < -0.4 is 20.5 Å². The first-order chi connectivity index (χ1) is 9.67. The van der Waals surface area contributed by atoms with Crippen LogP contribution in [0.5, 0.6) is 11.5 Å². The van der Waals surface area contributed by atoms with Crippen molar-refractivity contribution in [1.29, 1.82) is 0 Å². The Morgan fingerprint density at radius 1 is 1.25 bits per heavy atom. The number of rotatable bonds is 5. The smallest absolute Gasteiger partial charge is 0.291 e. The number of hydrogen-bond acceptors (Lipinski definition) is 5. The first-order valence-electron chi connectivity index (χ1n) is 6.00. The van der Waals surface area contributed by atoms with Gasteiger partial charge in [-0.15, -0.1) is 0 Å². The fourth-order valence-electron chi connectivity index (χ4n) is 1.70. The molecule has 1 aromatic heterocycles. The molecular weight excluding hydrogens is 260 g/mol. The molecule has 20 heavy (non-hydrogen) atoms. The van der Waals surface area contributed by atoms with E-state index >= 15 is 0 Å². The number of methoxy groups -OCH3 is 2. The second kappa shape index (κ2) is 6.12. The van der Waals surface area contributed by atoms with Crippen LogP contribution >= 0.6 is 0 Å². The molecule has 0 atom stereocenters. The molecule has 0 saturated carbocycles. The molecule has 0 aliphatic rings. The summed E-state index contributed by atoms with van der Waals surface area (Å²) in [5.74, 6) is 1.53. The van der Waals surface area contributed by atoms with Gasteiger partial charge in [0, 0.05) is 6.07 Å². The highest BCUT2D eigenvalue weighted by Crippen LogP contribution is 2.29. The van der Waals surface area contributed by atoms with E-state index in [9.17, 15) is 4.79 Å². The predicted molar refractivity (Wildman–Crippen MR) is 74.1 cm³/mol. The Balaban J connectivity index is 2.18. The van der Waals surface area contributed by atoms with Crippen LogP contribution in [-0.2, 0) is 6.54 Å². The third-order valence-corrected chi connectivity index (χ3v) is 2.74. The largest absolute Gasteiger partial charge is 0.497 e. The Labute approximate surface area is 116 Å². The Hall–Kier alpha value is -2.47. The minimum absolute atomic E-state index is 0.198. The fraction of sp³-hybridized carbons (Fsp3) is 0.214. The highest BCUT2D eigenvalue weighted by atomic mass is 16.5. The molecule has 0 aliphatic carbocycles. The summed E-state index contributed by atoms with van der Waals surface area (Å²) in [5, 5.41) is 2.71. The number of carbonyl (C=O) groups excluding carboxylic acids is 1. The molecule has 0 saturated heterocycles. The Morgan fingerprint density at radius 3 is 2.65 bits per heavy atom. The Kier molecular flexibility index (Phi) is 4.27. The third-order valence-electron chi connectivity index (χ3n) is 2.74. The number of nitrogens with two attached hydrogens (primary N) is 1. The van der Waals surface area contributed by atoms with Crippen LogP contribution in [-0.4, -0.2) is 20.1 Å². The summed E-state index contributed by atoms with van der Waals surface area (Å²) in [4.78, 5) is 12.0. The van der Waals surface area contributed by atoms with Crippen molar-refractivity contribution in [3.63, 3.8) is 0 Å². The molecule has 6 heteroatoms. The zero-order valence-electron chi connectivity index (χ0n) is 11.3. The molecule has 2 rings (SSSR count). The highest BCUT2D eigenvalue weighted by Gasteiger charge is 2.14. The van der Waals surface area contributed by atoms with Crippen LogP contribution in [0.3, 0.4) is 0 Å². The summed E-state index contributed by atoms with van der Waals surface area (Å²) in [6.07, 6.45) is 0. The van der Waals surface area contributed by atoms with E-state index in [0.29, 0.717) is 22.9 Å². The van der Waals surface area contributed by atoms with Crippen LogP contribution in [0.4, 0.5) is 5.69 Å². The topological polar surface area (TPSA) is 86.7 Å². The van der Waals surface area contributed by atoms with Crippen LogP contribution in [0.2, 0.25) is 0 Å². The lowest BCUT2D eigenvalue weighted by molar-refractivity contribution is 0.0994. The SMILES string of the molecule is COc1ccc(NC(=O)c2ccc(CN)o2)c(OC)c1. The lowest BCUT2D eigenvalue weighted by Crippen LogP contribution is -2.11. The number of benzene rings is 1. The Bertz CT molecular complexity index is 607. The highest BCUT2D eigenvalue weighted by molar-refractivity contribution is 6.03. The minimum atomic E-state index is -0.367. The Morgan fingerprint density at radius 2 is 2.05 bits per heavy atom. The number of hydrogen-bond donors (Lipinski definition) is 2. The molecule has 0 spiro atoms. The average molecular weight is 276 g/mol. The fourth-order valence-corrected chi connectivity index (χ4v) is 1.70.